The van der Waals surface area contributed by atoms with Gasteiger partial charge < -0.3 is 9.88 Å². The maximum atomic E-state index is 13.9. The Labute approximate surface area is 197 Å². The number of rotatable bonds is 9. The highest BCUT2D eigenvalue weighted by molar-refractivity contribution is 7.99. The Balaban J connectivity index is 1.74. The lowest BCUT2D eigenvalue weighted by Crippen LogP contribution is -2.30. The van der Waals surface area contributed by atoms with Gasteiger partial charge in [0.25, 0.3) is 0 Å². The van der Waals surface area contributed by atoms with Crippen LogP contribution < -0.4 is 9.62 Å². The third-order valence-corrected chi connectivity index (χ3v) is 6.95. The van der Waals surface area contributed by atoms with Crippen LogP contribution in [0.15, 0.2) is 47.6 Å². The van der Waals surface area contributed by atoms with Crippen molar-refractivity contribution in [3.63, 3.8) is 0 Å². The first-order chi connectivity index (χ1) is 15.6. The molecule has 3 aromatic rings. The lowest BCUT2D eigenvalue weighted by Gasteiger charge is -2.22. The highest BCUT2D eigenvalue weighted by Gasteiger charge is 2.22. The Morgan fingerprint density at radius 3 is 2.42 bits per heavy atom. The third-order valence-electron chi connectivity index (χ3n) is 4.85. The average molecular weight is 492 g/mol. The molecule has 0 aliphatic heterocycles. The number of benzene rings is 2. The van der Waals surface area contributed by atoms with Crippen LogP contribution in [0.5, 0.6) is 0 Å². The zero-order valence-corrected chi connectivity index (χ0v) is 20.5. The number of nitrogens with one attached hydrogen (secondary N) is 1. The molecule has 1 N–H and O–H groups in total. The summed E-state index contributed by atoms with van der Waals surface area (Å²) >= 11 is 1.15. The van der Waals surface area contributed by atoms with Gasteiger partial charge in [-0.05, 0) is 50.6 Å². The number of aryl methyl sites for hydroxylation is 2. The second-order valence-corrected chi connectivity index (χ2v) is 10.4. The summed E-state index contributed by atoms with van der Waals surface area (Å²) in [5, 5.41) is 11.3. The molecule has 1 amide bonds. The minimum absolute atomic E-state index is 0.000726. The van der Waals surface area contributed by atoms with Crippen molar-refractivity contribution in [3.05, 3.63) is 65.2 Å². The number of carbonyl (C=O) groups is 1. The first-order valence-electron chi connectivity index (χ1n) is 10.2. The summed E-state index contributed by atoms with van der Waals surface area (Å²) in [7, 11) is -3.57. The molecule has 33 heavy (non-hydrogen) atoms. The summed E-state index contributed by atoms with van der Waals surface area (Å²) in [5.41, 5.74) is 2.51. The largest absolute Gasteiger partial charge is 0.323 e. The van der Waals surface area contributed by atoms with Gasteiger partial charge >= 0.3 is 0 Å². The standard InChI is InChI=1S/C22H26FN5O3S2/c1-5-27-20(13-28(33(4,30)31)17-9-6-15(2)7-10-17)25-26-22(27)32-14-21(29)24-19-12-16(3)8-11-18(19)23/h6-12H,5,13-14H2,1-4H3,(H,24,29). The maximum absolute atomic E-state index is 13.9. The number of anilines is 2. The van der Waals surface area contributed by atoms with Crippen LogP contribution in [0.1, 0.15) is 23.9 Å². The van der Waals surface area contributed by atoms with E-state index in [1.807, 2.05) is 32.9 Å². The molecule has 0 saturated carbocycles. The predicted molar refractivity (Wildman–Crippen MR) is 128 cm³/mol. The van der Waals surface area contributed by atoms with Gasteiger partial charge in [-0.15, -0.1) is 10.2 Å². The molecule has 0 bridgehead atoms. The quantitative estimate of drug-likeness (QED) is 0.458. The number of halogens is 1. The van der Waals surface area contributed by atoms with Crippen molar-refractivity contribution in [2.24, 2.45) is 0 Å². The van der Waals surface area contributed by atoms with Gasteiger partial charge in [0.1, 0.15) is 5.82 Å². The topological polar surface area (TPSA) is 97.2 Å². The van der Waals surface area contributed by atoms with Gasteiger partial charge in [-0.25, -0.2) is 12.8 Å². The van der Waals surface area contributed by atoms with E-state index in [9.17, 15) is 17.6 Å². The van der Waals surface area contributed by atoms with E-state index in [1.54, 1.807) is 28.8 Å². The molecule has 0 aliphatic carbocycles. The van der Waals surface area contributed by atoms with Crippen LogP contribution in [-0.4, -0.2) is 41.1 Å². The number of nitrogens with zero attached hydrogens (tertiary/aromatic N) is 4. The van der Waals surface area contributed by atoms with Gasteiger partial charge in [0, 0.05) is 6.54 Å². The van der Waals surface area contributed by atoms with Crippen molar-refractivity contribution < 1.29 is 17.6 Å². The molecule has 0 spiro atoms. The molecular weight excluding hydrogens is 465 g/mol. The summed E-state index contributed by atoms with van der Waals surface area (Å²) in [6.45, 7) is 6.12. The fourth-order valence-electron chi connectivity index (χ4n) is 3.15. The van der Waals surface area contributed by atoms with E-state index < -0.39 is 15.8 Å². The zero-order valence-electron chi connectivity index (χ0n) is 18.9. The van der Waals surface area contributed by atoms with Crippen LogP contribution in [0.3, 0.4) is 0 Å². The Bertz CT molecular complexity index is 1240. The number of hydrogen-bond acceptors (Lipinski definition) is 6. The van der Waals surface area contributed by atoms with Crippen LogP contribution in [-0.2, 0) is 27.9 Å². The smallest absolute Gasteiger partial charge is 0.234 e. The monoisotopic (exact) mass is 491 g/mol. The number of hydrogen-bond donors (Lipinski definition) is 1. The summed E-state index contributed by atoms with van der Waals surface area (Å²) in [6.07, 6.45) is 1.14. The van der Waals surface area contributed by atoms with E-state index in [2.05, 4.69) is 15.5 Å². The molecule has 0 fully saturated rings. The second-order valence-electron chi connectivity index (χ2n) is 7.57. The zero-order chi connectivity index (χ0) is 24.2. The summed E-state index contributed by atoms with van der Waals surface area (Å²) in [6, 6.07) is 11.7. The van der Waals surface area contributed by atoms with Gasteiger partial charge in [0.05, 0.1) is 29.9 Å². The lowest BCUT2D eigenvalue weighted by molar-refractivity contribution is -0.113. The van der Waals surface area contributed by atoms with Gasteiger partial charge in [-0.1, -0.05) is 35.5 Å². The molecule has 0 atom stereocenters. The highest BCUT2D eigenvalue weighted by atomic mass is 32.2. The molecule has 2 aromatic carbocycles. The van der Waals surface area contributed by atoms with Gasteiger partial charge in [0.15, 0.2) is 11.0 Å². The fraction of sp³-hybridized carbons (Fsp3) is 0.318. The van der Waals surface area contributed by atoms with E-state index in [4.69, 9.17) is 0 Å². The molecule has 1 heterocycles. The van der Waals surface area contributed by atoms with Gasteiger partial charge in [0.2, 0.25) is 15.9 Å². The SMILES string of the molecule is CCn1c(CN(c2ccc(C)cc2)S(C)(=O)=O)nnc1SCC(=O)Nc1cc(C)ccc1F. The molecule has 176 valence electrons. The Morgan fingerprint density at radius 2 is 1.79 bits per heavy atom. The van der Waals surface area contributed by atoms with Gasteiger partial charge in [-0.3, -0.25) is 9.10 Å². The average Bonchev–Trinajstić information content (AvgIpc) is 3.14. The minimum Gasteiger partial charge on any atom is -0.323 e. The summed E-state index contributed by atoms with van der Waals surface area (Å²) in [4.78, 5) is 12.3. The van der Waals surface area contributed by atoms with Crippen LogP contribution in [0.25, 0.3) is 0 Å². The van der Waals surface area contributed by atoms with Crippen molar-refractivity contribution in [1.82, 2.24) is 14.8 Å². The number of amides is 1. The molecule has 0 saturated heterocycles. The van der Waals surface area contributed by atoms with Crippen molar-refractivity contribution >= 4 is 39.1 Å². The third kappa shape index (κ3) is 6.32. The normalized spacial score (nSPS) is 11.4. The fourth-order valence-corrected chi connectivity index (χ4v) is 4.83. The van der Waals surface area contributed by atoms with Crippen molar-refractivity contribution in [2.45, 2.75) is 39.0 Å². The van der Waals surface area contributed by atoms with E-state index in [1.165, 1.54) is 10.4 Å². The van der Waals surface area contributed by atoms with E-state index >= 15 is 0 Å². The van der Waals surface area contributed by atoms with E-state index in [0.29, 0.717) is 23.2 Å². The Kier molecular flexibility index (Phi) is 7.75. The summed E-state index contributed by atoms with van der Waals surface area (Å²) in [5.74, 6) is -0.431. The van der Waals surface area contributed by atoms with E-state index in [-0.39, 0.29) is 23.9 Å². The van der Waals surface area contributed by atoms with Gasteiger partial charge in [-0.2, -0.15) is 0 Å². The number of aromatic nitrogens is 3. The van der Waals surface area contributed by atoms with Crippen molar-refractivity contribution in [2.75, 3.05) is 21.6 Å². The maximum Gasteiger partial charge on any atom is 0.234 e. The number of carbonyl (C=O) groups excluding carboxylic acids is 1. The molecule has 3 rings (SSSR count). The van der Waals surface area contributed by atoms with Crippen LogP contribution in [0, 0.1) is 19.7 Å². The highest BCUT2D eigenvalue weighted by Crippen LogP contribution is 2.24. The molecule has 0 unspecified atom stereocenters. The Hall–Kier alpha value is -2.92. The second kappa shape index (κ2) is 10.3. The van der Waals surface area contributed by atoms with Crippen molar-refractivity contribution in [3.8, 4) is 0 Å². The molecule has 1 aromatic heterocycles. The Morgan fingerprint density at radius 1 is 1.12 bits per heavy atom. The first-order valence-corrected chi connectivity index (χ1v) is 13.1. The lowest BCUT2D eigenvalue weighted by atomic mass is 10.2. The first kappa shape index (κ1) is 24.7. The molecular formula is C22H26FN5O3S2. The number of sulfonamides is 1. The summed E-state index contributed by atoms with van der Waals surface area (Å²) < 4.78 is 41.8. The van der Waals surface area contributed by atoms with E-state index in [0.717, 1.165) is 29.1 Å². The van der Waals surface area contributed by atoms with Crippen LogP contribution in [0.4, 0.5) is 15.8 Å². The molecule has 0 radical (unpaired) electrons. The number of thioether (sulfide) groups is 1. The molecule has 8 nitrogen and oxygen atoms in total. The van der Waals surface area contributed by atoms with Crippen molar-refractivity contribution in [1.29, 1.82) is 0 Å². The predicted octanol–water partition coefficient (Wildman–Crippen LogP) is 3.75. The van der Waals surface area contributed by atoms with Crippen LogP contribution in [0.2, 0.25) is 0 Å². The molecule has 0 aliphatic rings. The molecule has 11 heteroatoms. The minimum atomic E-state index is -3.57. The van der Waals surface area contributed by atoms with Crippen LogP contribution >= 0.6 is 11.8 Å².